The van der Waals surface area contributed by atoms with Crippen LogP contribution in [0.4, 0.5) is 4.79 Å². The molecule has 0 aromatic rings. The Morgan fingerprint density at radius 1 is 0.806 bits per heavy atom. The van der Waals surface area contributed by atoms with Gasteiger partial charge in [0.25, 0.3) is 0 Å². The summed E-state index contributed by atoms with van der Waals surface area (Å²) in [5.74, 6) is 2.84. The van der Waals surface area contributed by atoms with Crippen molar-refractivity contribution in [1.29, 1.82) is 0 Å². The molecular formula is C24H38N4O3. The number of likely N-dealkylation sites (tertiary alicyclic amines) is 2. The van der Waals surface area contributed by atoms with Gasteiger partial charge in [0, 0.05) is 50.6 Å². The Labute approximate surface area is 185 Å². The van der Waals surface area contributed by atoms with Crippen molar-refractivity contribution in [3.63, 3.8) is 0 Å². The van der Waals surface area contributed by atoms with Crippen molar-refractivity contribution in [3.8, 4) is 0 Å². The van der Waals surface area contributed by atoms with Crippen molar-refractivity contribution in [1.82, 2.24) is 20.4 Å². The SMILES string of the molecule is O=C(NCCC(=O)N1CCC(C(=O)N2CCCC2)CC1)NC12CC3CC(CC(C3)C1)C2. The third-order valence-corrected chi connectivity index (χ3v) is 8.66. The number of nitrogens with one attached hydrogen (secondary N) is 2. The van der Waals surface area contributed by atoms with Crippen molar-refractivity contribution in [3.05, 3.63) is 0 Å². The maximum atomic E-state index is 12.6. The van der Waals surface area contributed by atoms with Gasteiger partial charge in [-0.15, -0.1) is 0 Å². The first-order chi connectivity index (χ1) is 15.0. The van der Waals surface area contributed by atoms with E-state index in [1.807, 2.05) is 9.80 Å². The Hall–Kier alpha value is -1.79. The molecule has 0 aromatic carbocycles. The third kappa shape index (κ3) is 4.56. The fraction of sp³-hybridized carbons (Fsp3) is 0.875. The molecule has 6 aliphatic rings. The summed E-state index contributed by atoms with van der Waals surface area (Å²) < 4.78 is 0. The van der Waals surface area contributed by atoms with Crippen LogP contribution in [-0.4, -0.2) is 65.9 Å². The summed E-state index contributed by atoms with van der Waals surface area (Å²) in [5.41, 5.74) is 0.00655. The highest BCUT2D eigenvalue weighted by Crippen LogP contribution is 2.55. The summed E-state index contributed by atoms with van der Waals surface area (Å²) in [6.07, 6.45) is 11.6. The highest BCUT2D eigenvalue weighted by molar-refractivity contribution is 5.81. The molecule has 2 N–H and O–H groups in total. The Balaban J connectivity index is 1.01. The van der Waals surface area contributed by atoms with E-state index in [2.05, 4.69) is 10.6 Å². The number of carbonyl (C=O) groups excluding carboxylic acids is 3. The molecule has 4 bridgehead atoms. The largest absolute Gasteiger partial charge is 0.343 e. The second-order valence-corrected chi connectivity index (χ2v) is 11.0. The second kappa shape index (κ2) is 8.62. The first-order valence-electron chi connectivity index (χ1n) is 12.6. The maximum Gasteiger partial charge on any atom is 0.315 e. The average Bonchev–Trinajstić information content (AvgIpc) is 3.27. The number of nitrogens with zero attached hydrogens (tertiary/aromatic N) is 2. The minimum Gasteiger partial charge on any atom is -0.343 e. The summed E-state index contributed by atoms with van der Waals surface area (Å²) in [6, 6.07) is -0.107. The number of piperidine rings is 1. The van der Waals surface area contributed by atoms with Gasteiger partial charge in [-0.25, -0.2) is 4.79 Å². The van der Waals surface area contributed by atoms with Crippen molar-refractivity contribution in [2.75, 3.05) is 32.7 Å². The Morgan fingerprint density at radius 3 is 1.97 bits per heavy atom. The quantitative estimate of drug-likeness (QED) is 0.703. The molecule has 4 aliphatic carbocycles. The van der Waals surface area contributed by atoms with Gasteiger partial charge in [0.1, 0.15) is 0 Å². The van der Waals surface area contributed by atoms with Gasteiger partial charge >= 0.3 is 6.03 Å². The topological polar surface area (TPSA) is 81.8 Å². The molecule has 2 aliphatic heterocycles. The van der Waals surface area contributed by atoms with E-state index in [-0.39, 0.29) is 29.3 Å². The lowest BCUT2D eigenvalue weighted by molar-refractivity contribution is -0.140. The fourth-order valence-electron chi connectivity index (χ4n) is 7.56. The molecule has 6 fully saturated rings. The number of amides is 4. The number of carbonyl (C=O) groups is 3. The van der Waals surface area contributed by atoms with E-state index in [1.54, 1.807) is 0 Å². The lowest BCUT2D eigenvalue weighted by atomic mass is 9.53. The van der Waals surface area contributed by atoms with E-state index in [4.69, 9.17) is 0 Å². The summed E-state index contributed by atoms with van der Waals surface area (Å²) in [6.45, 7) is 3.48. The smallest absolute Gasteiger partial charge is 0.315 e. The van der Waals surface area contributed by atoms with Gasteiger partial charge in [-0.1, -0.05) is 0 Å². The van der Waals surface area contributed by atoms with Crippen LogP contribution >= 0.6 is 0 Å². The van der Waals surface area contributed by atoms with Crippen LogP contribution in [0.3, 0.4) is 0 Å². The van der Waals surface area contributed by atoms with Gasteiger partial charge < -0.3 is 20.4 Å². The molecule has 0 atom stereocenters. The third-order valence-electron chi connectivity index (χ3n) is 8.66. The average molecular weight is 431 g/mol. The molecule has 2 saturated heterocycles. The van der Waals surface area contributed by atoms with Gasteiger partial charge in [0.2, 0.25) is 11.8 Å². The molecule has 4 amide bonds. The molecule has 7 nitrogen and oxygen atoms in total. The first-order valence-corrected chi connectivity index (χ1v) is 12.6. The van der Waals surface area contributed by atoms with Crippen LogP contribution in [-0.2, 0) is 9.59 Å². The zero-order valence-electron chi connectivity index (χ0n) is 18.7. The highest BCUT2D eigenvalue weighted by Gasteiger charge is 2.51. The van der Waals surface area contributed by atoms with E-state index in [0.29, 0.717) is 26.1 Å². The van der Waals surface area contributed by atoms with E-state index in [9.17, 15) is 14.4 Å². The van der Waals surface area contributed by atoms with E-state index in [1.165, 1.54) is 19.3 Å². The second-order valence-electron chi connectivity index (χ2n) is 11.0. The lowest BCUT2D eigenvalue weighted by Gasteiger charge is -2.56. The van der Waals surface area contributed by atoms with E-state index in [0.717, 1.165) is 75.8 Å². The van der Waals surface area contributed by atoms with E-state index >= 15 is 0 Å². The standard InChI is InChI=1S/C24H38N4O3/c29-21(27-9-4-20(5-10-27)22(30)28-7-1-2-8-28)3-6-25-23(31)26-24-14-17-11-18(15-24)13-19(12-17)16-24/h17-20H,1-16H2,(H2,25,26,31). The van der Waals surface area contributed by atoms with Crippen LogP contribution in [0.1, 0.15) is 70.6 Å². The number of urea groups is 1. The van der Waals surface area contributed by atoms with Crippen LogP contribution < -0.4 is 10.6 Å². The van der Waals surface area contributed by atoms with Gasteiger partial charge in [-0.2, -0.15) is 0 Å². The maximum absolute atomic E-state index is 12.6. The molecule has 6 rings (SSSR count). The summed E-state index contributed by atoms with van der Waals surface area (Å²) in [4.78, 5) is 41.5. The molecule has 0 radical (unpaired) electrons. The van der Waals surface area contributed by atoms with Gasteiger partial charge in [-0.05, 0) is 82.0 Å². The molecule has 0 unspecified atom stereocenters. The number of rotatable bonds is 5. The van der Waals surface area contributed by atoms with E-state index < -0.39 is 0 Å². The van der Waals surface area contributed by atoms with Crippen molar-refractivity contribution < 1.29 is 14.4 Å². The fourth-order valence-corrected chi connectivity index (χ4v) is 7.56. The Kier molecular flexibility index (Phi) is 5.86. The molecule has 0 spiro atoms. The van der Waals surface area contributed by atoms with Crippen LogP contribution in [0.2, 0.25) is 0 Å². The molecule has 7 heteroatoms. The van der Waals surface area contributed by atoms with Gasteiger partial charge in [0.15, 0.2) is 0 Å². The predicted octanol–water partition coefficient (Wildman–Crippen LogP) is 2.51. The van der Waals surface area contributed by atoms with Gasteiger partial charge in [-0.3, -0.25) is 9.59 Å². The van der Waals surface area contributed by atoms with Gasteiger partial charge in [0.05, 0.1) is 0 Å². The predicted molar refractivity (Wildman–Crippen MR) is 117 cm³/mol. The summed E-state index contributed by atoms with van der Waals surface area (Å²) >= 11 is 0. The molecule has 2 heterocycles. The zero-order chi connectivity index (χ0) is 21.4. The minimum absolute atomic E-state index is 0.00655. The van der Waals surface area contributed by atoms with Crippen LogP contribution in [0, 0.1) is 23.7 Å². The van der Waals surface area contributed by atoms with Crippen molar-refractivity contribution in [2.45, 2.75) is 76.2 Å². The lowest BCUT2D eigenvalue weighted by Crippen LogP contribution is -2.61. The Morgan fingerprint density at radius 2 is 1.39 bits per heavy atom. The van der Waals surface area contributed by atoms with Crippen molar-refractivity contribution in [2.24, 2.45) is 23.7 Å². The van der Waals surface area contributed by atoms with Crippen molar-refractivity contribution >= 4 is 17.8 Å². The molecule has 172 valence electrons. The summed E-state index contributed by atoms with van der Waals surface area (Å²) in [7, 11) is 0. The normalized spacial score (nSPS) is 34.8. The monoisotopic (exact) mass is 430 g/mol. The number of hydrogen-bond donors (Lipinski definition) is 2. The van der Waals surface area contributed by atoms with Crippen LogP contribution in [0.15, 0.2) is 0 Å². The zero-order valence-corrected chi connectivity index (χ0v) is 18.7. The number of hydrogen-bond acceptors (Lipinski definition) is 3. The summed E-state index contributed by atoms with van der Waals surface area (Å²) in [5, 5.41) is 6.24. The first kappa shape index (κ1) is 21.1. The molecule has 0 aromatic heterocycles. The molecule has 4 saturated carbocycles. The van der Waals surface area contributed by atoms with Crippen LogP contribution in [0.5, 0.6) is 0 Å². The van der Waals surface area contributed by atoms with Crippen LogP contribution in [0.25, 0.3) is 0 Å². The molecule has 31 heavy (non-hydrogen) atoms. The highest BCUT2D eigenvalue weighted by atomic mass is 16.2. The Bertz CT molecular complexity index is 674. The molecular weight excluding hydrogens is 392 g/mol. The minimum atomic E-state index is -0.107.